The minimum atomic E-state index is -0.627. The van der Waals surface area contributed by atoms with Gasteiger partial charge in [0, 0.05) is 5.69 Å². The van der Waals surface area contributed by atoms with Crippen LogP contribution in [0.2, 0.25) is 0 Å². The number of phenolic OH excluding ortho intramolecular Hbond substituents is 1. The van der Waals surface area contributed by atoms with Gasteiger partial charge in [-0.25, -0.2) is 9.37 Å². The predicted molar refractivity (Wildman–Crippen MR) is 69.3 cm³/mol. The second kappa shape index (κ2) is 4.73. The lowest BCUT2D eigenvalue weighted by molar-refractivity contribution is 0.421. The fourth-order valence-corrected chi connectivity index (χ4v) is 1.82. The van der Waals surface area contributed by atoms with Gasteiger partial charge in [-0.2, -0.15) is 4.98 Å². The fourth-order valence-electron chi connectivity index (χ4n) is 1.82. The highest BCUT2D eigenvalue weighted by atomic mass is 19.1. The highest BCUT2D eigenvalue weighted by Crippen LogP contribution is 2.31. The largest absolute Gasteiger partial charge is 0.507 e. The van der Waals surface area contributed by atoms with E-state index >= 15 is 0 Å². The summed E-state index contributed by atoms with van der Waals surface area (Å²) >= 11 is 0. The van der Waals surface area contributed by atoms with Crippen LogP contribution in [0.3, 0.4) is 0 Å². The van der Waals surface area contributed by atoms with Crippen molar-refractivity contribution in [2.45, 2.75) is 6.92 Å². The van der Waals surface area contributed by atoms with Crippen LogP contribution in [0.4, 0.5) is 4.39 Å². The Labute approximate surface area is 113 Å². The number of aryl methyl sites for hydroxylation is 1. The first kappa shape index (κ1) is 12.3. The number of hydrogen-bond donors (Lipinski definition) is 1. The number of pyridine rings is 1. The van der Waals surface area contributed by atoms with Crippen LogP contribution in [0.1, 0.15) is 5.69 Å². The Bertz CT molecular complexity index is 750. The van der Waals surface area contributed by atoms with E-state index in [4.69, 9.17) is 4.52 Å². The smallest absolute Gasteiger partial charge is 0.265 e. The predicted octanol–water partition coefficient (Wildman–Crippen LogP) is 2.95. The molecule has 0 radical (unpaired) electrons. The lowest BCUT2D eigenvalue weighted by Crippen LogP contribution is -1.89. The number of aromatic nitrogens is 3. The van der Waals surface area contributed by atoms with Gasteiger partial charge in [-0.15, -0.1) is 0 Å². The summed E-state index contributed by atoms with van der Waals surface area (Å²) in [5, 5.41) is 13.4. The van der Waals surface area contributed by atoms with Crippen molar-refractivity contribution in [2.75, 3.05) is 0 Å². The second-order valence-corrected chi connectivity index (χ2v) is 4.22. The molecule has 2 aromatic heterocycles. The molecule has 0 aliphatic heterocycles. The van der Waals surface area contributed by atoms with E-state index < -0.39 is 5.82 Å². The molecule has 3 aromatic rings. The highest BCUT2D eigenvalue weighted by Gasteiger charge is 2.18. The van der Waals surface area contributed by atoms with Gasteiger partial charge in [0.1, 0.15) is 22.8 Å². The molecule has 5 nitrogen and oxygen atoms in total. The van der Waals surface area contributed by atoms with Crippen molar-refractivity contribution in [2.24, 2.45) is 0 Å². The molecule has 20 heavy (non-hydrogen) atoms. The molecular formula is C14H10FN3O2. The fraction of sp³-hybridized carbons (Fsp3) is 0.0714. The van der Waals surface area contributed by atoms with Crippen molar-refractivity contribution in [3.63, 3.8) is 0 Å². The second-order valence-electron chi connectivity index (χ2n) is 4.22. The molecule has 0 spiro atoms. The lowest BCUT2D eigenvalue weighted by Gasteiger charge is -1.99. The Morgan fingerprint density at radius 1 is 1.10 bits per heavy atom. The Morgan fingerprint density at radius 3 is 2.65 bits per heavy atom. The average molecular weight is 271 g/mol. The van der Waals surface area contributed by atoms with Gasteiger partial charge < -0.3 is 9.63 Å². The summed E-state index contributed by atoms with van der Waals surface area (Å²) in [6.07, 6.45) is 0. The number of phenols is 1. The SMILES string of the molecule is Cc1cccc(-c2noc(-c3c(O)cccc3F)n2)n1. The van der Waals surface area contributed by atoms with E-state index in [0.29, 0.717) is 5.69 Å². The van der Waals surface area contributed by atoms with E-state index in [-0.39, 0.29) is 23.0 Å². The van der Waals surface area contributed by atoms with Crippen LogP contribution in [0, 0.1) is 12.7 Å². The lowest BCUT2D eigenvalue weighted by atomic mass is 10.2. The molecule has 0 aliphatic carbocycles. The summed E-state index contributed by atoms with van der Waals surface area (Å²) in [5.74, 6) is -0.722. The van der Waals surface area contributed by atoms with Crippen molar-refractivity contribution in [1.82, 2.24) is 15.1 Å². The van der Waals surface area contributed by atoms with Gasteiger partial charge in [-0.05, 0) is 31.2 Å². The summed E-state index contributed by atoms with van der Waals surface area (Å²) in [4.78, 5) is 8.33. The number of hydrogen-bond acceptors (Lipinski definition) is 5. The minimum absolute atomic E-state index is 0.0843. The number of aromatic hydroxyl groups is 1. The normalized spacial score (nSPS) is 10.7. The molecule has 0 saturated heterocycles. The quantitative estimate of drug-likeness (QED) is 0.775. The maximum atomic E-state index is 13.7. The molecule has 2 heterocycles. The topological polar surface area (TPSA) is 72.0 Å². The molecule has 1 N–H and O–H groups in total. The van der Waals surface area contributed by atoms with Crippen LogP contribution in [0.15, 0.2) is 40.9 Å². The van der Waals surface area contributed by atoms with Gasteiger partial charge in [0.25, 0.3) is 5.89 Å². The van der Waals surface area contributed by atoms with Crippen molar-refractivity contribution in [3.05, 3.63) is 47.9 Å². The number of halogens is 1. The third kappa shape index (κ3) is 2.11. The maximum absolute atomic E-state index is 13.7. The van der Waals surface area contributed by atoms with E-state index in [0.717, 1.165) is 5.69 Å². The average Bonchev–Trinajstić information content (AvgIpc) is 2.88. The third-order valence-corrected chi connectivity index (χ3v) is 2.75. The van der Waals surface area contributed by atoms with E-state index in [9.17, 15) is 9.50 Å². The van der Waals surface area contributed by atoms with Crippen LogP contribution < -0.4 is 0 Å². The van der Waals surface area contributed by atoms with Crippen LogP contribution in [0.25, 0.3) is 23.0 Å². The van der Waals surface area contributed by atoms with Gasteiger partial charge in [0.2, 0.25) is 5.82 Å². The van der Waals surface area contributed by atoms with Crippen LogP contribution in [-0.4, -0.2) is 20.2 Å². The van der Waals surface area contributed by atoms with Crippen molar-refractivity contribution in [1.29, 1.82) is 0 Å². The van der Waals surface area contributed by atoms with Crippen molar-refractivity contribution >= 4 is 0 Å². The molecular weight excluding hydrogens is 261 g/mol. The maximum Gasteiger partial charge on any atom is 0.265 e. The zero-order chi connectivity index (χ0) is 14.1. The van der Waals surface area contributed by atoms with E-state index in [2.05, 4.69) is 15.1 Å². The first-order valence-corrected chi connectivity index (χ1v) is 5.91. The molecule has 1 aromatic carbocycles. The van der Waals surface area contributed by atoms with Gasteiger partial charge in [-0.3, -0.25) is 0 Å². The number of rotatable bonds is 2. The number of benzene rings is 1. The zero-order valence-electron chi connectivity index (χ0n) is 10.5. The van der Waals surface area contributed by atoms with Gasteiger partial charge in [0.05, 0.1) is 0 Å². The molecule has 0 amide bonds. The molecule has 0 aliphatic rings. The van der Waals surface area contributed by atoms with Crippen LogP contribution in [-0.2, 0) is 0 Å². The number of nitrogens with zero attached hydrogens (tertiary/aromatic N) is 3. The van der Waals surface area contributed by atoms with E-state index in [1.54, 1.807) is 6.07 Å². The third-order valence-electron chi connectivity index (χ3n) is 2.75. The molecule has 100 valence electrons. The molecule has 0 atom stereocenters. The molecule has 0 fully saturated rings. The Balaban J connectivity index is 2.07. The monoisotopic (exact) mass is 271 g/mol. The summed E-state index contributed by atoms with van der Waals surface area (Å²) in [5.41, 5.74) is 1.22. The highest BCUT2D eigenvalue weighted by molar-refractivity contribution is 5.64. The summed E-state index contributed by atoms with van der Waals surface area (Å²) < 4.78 is 18.7. The molecule has 6 heteroatoms. The summed E-state index contributed by atoms with van der Waals surface area (Å²) in [6.45, 7) is 1.84. The minimum Gasteiger partial charge on any atom is -0.507 e. The Hall–Kier alpha value is -2.76. The van der Waals surface area contributed by atoms with E-state index in [1.165, 1.54) is 18.2 Å². The van der Waals surface area contributed by atoms with Crippen LogP contribution >= 0.6 is 0 Å². The van der Waals surface area contributed by atoms with Gasteiger partial charge in [-0.1, -0.05) is 17.3 Å². The Kier molecular flexibility index (Phi) is 2.90. The Morgan fingerprint density at radius 2 is 1.90 bits per heavy atom. The van der Waals surface area contributed by atoms with Crippen molar-refractivity contribution < 1.29 is 14.0 Å². The standard InChI is InChI=1S/C14H10FN3O2/c1-8-4-2-6-10(16-8)13-17-14(20-18-13)12-9(15)5-3-7-11(12)19/h2-7,19H,1H3. The molecule has 0 bridgehead atoms. The molecule has 0 unspecified atom stereocenters. The molecule has 3 rings (SSSR count). The molecule has 0 saturated carbocycles. The van der Waals surface area contributed by atoms with E-state index in [1.807, 2.05) is 19.1 Å². The van der Waals surface area contributed by atoms with Crippen molar-refractivity contribution in [3.8, 4) is 28.7 Å². The van der Waals surface area contributed by atoms with Gasteiger partial charge in [0.15, 0.2) is 0 Å². The summed E-state index contributed by atoms with van der Waals surface area (Å²) in [6, 6.07) is 9.34. The zero-order valence-corrected chi connectivity index (χ0v) is 10.5. The first-order chi connectivity index (χ1) is 9.65. The van der Waals surface area contributed by atoms with Crippen LogP contribution in [0.5, 0.6) is 5.75 Å². The first-order valence-electron chi connectivity index (χ1n) is 5.91. The van der Waals surface area contributed by atoms with Gasteiger partial charge >= 0.3 is 0 Å². The summed E-state index contributed by atoms with van der Waals surface area (Å²) in [7, 11) is 0.